The van der Waals surface area contributed by atoms with Gasteiger partial charge in [0.1, 0.15) is 11.6 Å². The summed E-state index contributed by atoms with van der Waals surface area (Å²) in [6.45, 7) is 1.36. The number of amides is 1. The van der Waals surface area contributed by atoms with Crippen molar-refractivity contribution in [3.05, 3.63) is 64.4 Å². The van der Waals surface area contributed by atoms with E-state index >= 15 is 0 Å². The number of carbonyl (C=O) groups is 1. The molecule has 0 atom stereocenters. The SMILES string of the molecule is COc1ccc(C(=O)N2CC(OCc3ccc(F)cc3Cl)C2)cc1. The van der Waals surface area contributed by atoms with Crippen molar-refractivity contribution in [2.24, 2.45) is 0 Å². The highest BCUT2D eigenvalue weighted by molar-refractivity contribution is 6.31. The van der Waals surface area contributed by atoms with Crippen LogP contribution in [0.4, 0.5) is 4.39 Å². The average molecular weight is 350 g/mol. The third-order valence-corrected chi connectivity index (χ3v) is 4.31. The zero-order chi connectivity index (χ0) is 17.1. The molecule has 0 radical (unpaired) electrons. The molecule has 2 aromatic carbocycles. The highest BCUT2D eigenvalue weighted by atomic mass is 35.5. The van der Waals surface area contributed by atoms with E-state index in [0.717, 1.165) is 5.56 Å². The largest absolute Gasteiger partial charge is 0.497 e. The number of halogens is 2. The zero-order valence-corrected chi connectivity index (χ0v) is 13.9. The Balaban J connectivity index is 1.49. The molecule has 1 amide bonds. The number of nitrogens with zero attached hydrogens (tertiary/aromatic N) is 1. The second kappa shape index (κ2) is 7.20. The van der Waals surface area contributed by atoms with Crippen LogP contribution in [-0.2, 0) is 11.3 Å². The lowest BCUT2D eigenvalue weighted by Gasteiger charge is -2.39. The fourth-order valence-electron chi connectivity index (χ4n) is 2.47. The lowest BCUT2D eigenvalue weighted by atomic mass is 10.1. The third-order valence-electron chi connectivity index (χ3n) is 3.96. The lowest BCUT2D eigenvalue weighted by Crippen LogP contribution is -2.54. The Kier molecular flexibility index (Phi) is 5.02. The van der Waals surface area contributed by atoms with Crippen LogP contribution >= 0.6 is 11.6 Å². The number of ether oxygens (including phenoxy) is 2. The molecule has 0 unspecified atom stereocenters. The maximum atomic E-state index is 13.0. The second-order valence-electron chi connectivity index (χ2n) is 5.61. The number of hydrogen-bond acceptors (Lipinski definition) is 3. The molecule has 1 fully saturated rings. The highest BCUT2D eigenvalue weighted by Gasteiger charge is 2.32. The summed E-state index contributed by atoms with van der Waals surface area (Å²) in [6.07, 6.45) is -0.0340. The van der Waals surface area contributed by atoms with Crippen LogP contribution < -0.4 is 4.74 Å². The lowest BCUT2D eigenvalue weighted by molar-refractivity contribution is -0.0503. The molecule has 0 aliphatic carbocycles. The van der Waals surface area contributed by atoms with Crippen molar-refractivity contribution in [3.63, 3.8) is 0 Å². The Morgan fingerprint density at radius 2 is 1.96 bits per heavy atom. The summed E-state index contributed by atoms with van der Waals surface area (Å²) in [5.41, 5.74) is 1.36. The molecule has 24 heavy (non-hydrogen) atoms. The summed E-state index contributed by atoms with van der Waals surface area (Å²) in [5, 5.41) is 0.348. The van der Waals surface area contributed by atoms with E-state index in [9.17, 15) is 9.18 Å². The molecule has 2 aromatic rings. The minimum atomic E-state index is -0.372. The fraction of sp³-hybridized carbons (Fsp3) is 0.278. The van der Waals surface area contributed by atoms with Gasteiger partial charge in [-0.15, -0.1) is 0 Å². The smallest absolute Gasteiger partial charge is 0.254 e. The van der Waals surface area contributed by atoms with Crippen molar-refractivity contribution in [2.45, 2.75) is 12.7 Å². The Morgan fingerprint density at radius 3 is 2.58 bits per heavy atom. The average Bonchev–Trinajstić information content (AvgIpc) is 2.55. The first-order valence-electron chi connectivity index (χ1n) is 7.55. The molecule has 1 aliphatic heterocycles. The van der Waals surface area contributed by atoms with E-state index in [0.29, 0.717) is 36.0 Å². The first kappa shape index (κ1) is 16.7. The predicted octanol–water partition coefficient (Wildman–Crippen LogP) is 3.53. The minimum absolute atomic E-state index is 0.0303. The number of rotatable bonds is 5. The quantitative estimate of drug-likeness (QED) is 0.829. The Bertz CT molecular complexity index is 730. The first-order chi connectivity index (χ1) is 11.6. The van der Waals surface area contributed by atoms with Gasteiger partial charge in [-0.2, -0.15) is 0 Å². The maximum absolute atomic E-state index is 13.0. The third kappa shape index (κ3) is 3.68. The molecule has 126 valence electrons. The molecule has 1 saturated heterocycles. The van der Waals surface area contributed by atoms with Gasteiger partial charge in [-0.1, -0.05) is 17.7 Å². The van der Waals surface area contributed by atoms with Crippen LogP contribution in [0, 0.1) is 5.82 Å². The number of likely N-dealkylation sites (tertiary alicyclic amines) is 1. The molecular weight excluding hydrogens is 333 g/mol. The van der Waals surface area contributed by atoms with Crippen molar-refractivity contribution in [2.75, 3.05) is 20.2 Å². The van der Waals surface area contributed by atoms with Crippen LogP contribution in [-0.4, -0.2) is 37.1 Å². The molecule has 0 saturated carbocycles. The highest BCUT2D eigenvalue weighted by Crippen LogP contribution is 2.22. The van der Waals surface area contributed by atoms with Gasteiger partial charge in [0.05, 0.1) is 19.8 Å². The van der Waals surface area contributed by atoms with Gasteiger partial charge in [-0.25, -0.2) is 4.39 Å². The van der Waals surface area contributed by atoms with Crippen molar-refractivity contribution >= 4 is 17.5 Å². The number of hydrogen-bond donors (Lipinski definition) is 0. The van der Waals surface area contributed by atoms with Crippen LogP contribution in [0.3, 0.4) is 0 Å². The number of carbonyl (C=O) groups excluding carboxylic acids is 1. The van der Waals surface area contributed by atoms with E-state index < -0.39 is 0 Å². The molecule has 1 aliphatic rings. The predicted molar refractivity (Wildman–Crippen MR) is 88.9 cm³/mol. The van der Waals surface area contributed by atoms with Gasteiger partial charge in [-0.3, -0.25) is 4.79 Å². The van der Waals surface area contributed by atoms with Crippen LogP contribution in [0.2, 0.25) is 5.02 Å². The standard InChI is InChI=1S/C18H17ClFNO3/c1-23-15-6-3-12(4-7-15)18(22)21-9-16(10-21)24-11-13-2-5-14(20)8-17(13)19/h2-8,16H,9-11H2,1H3. The van der Waals surface area contributed by atoms with Gasteiger partial charge in [0, 0.05) is 23.7 Å². The van der Waals surface area contributed by atoms with Crippen LogP contribution in [0.5, 0.6) is 5.75 Å². The second-order valence-corrected chi connectivity index (χ2v) is 6.01. The molecule has 0 aromatic heterocycles. The van der Waals surface area contributed by atoms with Gasteiger partial charge in [0.15, 0.2) is 0 Å². The van der Waals surface area contributed by atoms with Gasteiger partial charge >= 0.3 is 0 Å². The first-order valence-corrected chi connectivity index (χ1v) is 7.93. The fourth-order valence-corrected chi connectivity index (χ4v) is 2.69. The minimum Gasteiger partial charge on any atom is -0.497 e. The van der Waals surface area contributed by atoms with Crippen molar-refractivity contribution in [3.8, 4) is 5.75 Å². The number of benzene rings is 2. The van der Waals surface area contributed by atoms with Crippen molar-refractivity contribution in [1.29, 1.82) is 0 Å². The monoisotopic (exact) mass is 349 g/mol. The summed E-state index contributed by atoms with van der Waals surface area (Å²) < 4.78 is 23.8. The summed E-state index contributed by atoms with van der Waals surface area (Å²) >= 11 is 5.96. The van der Waals surface area contributed by atoms with Crippen molar-refractivity contribution < 1.29 is 18.7 Å². The topological polar surface area (TPSA) is 38.8 Å². The molecular formula is C18H17ClFNO3. The van der Waals surface area contributed by atoms with E-state index in [1.54, 1.807) is 42.3 Å². The Morgan fingerprint density at radius 1 is 1.25 bits per heavy atom. The summed E-state index contributed by atoms with van der Waals surface area (Å²) in [6, 6.07) is 11.2. The summed E-state index contributed by atoms with van der Waals surface area (Å²) in [5.74, 6) is 0.313. The molecule has 1 heterocycles. The normalized spacial score (nSPS) is 14.4. The van der Waals surface area contributed by atoms with Gasteiger partial charge < -0.3 is 14.4 Å². The maximum Gasteiger partial charge on any atom is 0.254 e. The van der Waals surface area contributed by atoms with Gasteiger partial charge in [0.25, 0.3) is 5.91 Å². The van der Waals surface area contributed by atoms with E-state index in [4.69, 9.17) is 21.1 Å². The van der Waals surface area contributed by atoms with Gasteiger partial charge in [0.2, 0.25) is 0 Å². The molecule has 0 N–H and O–H groups in total. The van der Waals surface area contributed by atoms with Crippen molar-refractivity contribution in [1.82, 2.24) is 4.90 Å². The number of methoxy groups -OCH3 is 1. The molecule has 6 heteroatoms. The van der Waals surface area contributed by atoms with E-state index in [2.05, 4.69) is 0 Å². The van der Waals surface area contributed by atoms with E-state index in [-0.39, 0.29) is 17.8 Å². The molecule has 4 nitrogen and oxygen atoms in total. The molecule has 0 spiro atoms. The molecule has 3 rings (SSSR count). The summed E-state index contributed by atoms with van der Waals surface area (Å²) in [4.78, 5) is 14.0. The van der Waals surface area contributed by atoms with Crippen LogP contribution in [0.25, 0.3) is 0 Å². The van der Waals surface area contributed by atoms with Crippen LogP contribution in [0.15, 0.2) is 42.5 Å². The van der Waals surface area contributed by atoms with E-state index in [1.807, 2.05) is 0 Å². The Labute approximate surface area is 144 Å². The zero-order valence-electron chi connectivity index (χ0n) is 13.2. The Hall–Kier alpha value is -2.11. The van der Waals surface area contributed by atoms with Gasteiger partial charge in [-0.05, 0) is 42.0 Å². The van der Waals surface area contributed by atoms with Crippen LogP contribution in [0.1, 0.15) is 15.9 Å². The van der Waals surface area contributed by atoms with E-state index in [1.165, 1.54) is 12.1 Å². The molecule has 0 bridgehead atoms. The summed E-state index contributed by atoms with van der Waals surface area (Å²) in [7, 11) is 1.58.